The van der Waals surface area contributed by atoms with Crippen molar-refractivity contribution in [1.82, 2.24) is 39.5 Å². The number of fused-ring (bicyclic) bond motifs is 2. The Hall–Kier alpha value is -3.52. The van der Waals surface area contributed by atoms with E-state index < -0.39 is 18.8 Å². The maximum absolute atomic E-state index is 14.9. The van der Waals surface area contributed by atoms with Crippen molar-refractivity contribution in [3.05, 3.63) is 24.4 Å². The molecule has 2 aliphatic rings. The molecule has 2 fully saturated rings. The van der Waals surface area contributed by atoms with Gasteiger partial charge >= 0.3 is 6.55 Å². The van der Waals surface area contributed by atoms with Crippen LogP contribution < -0.4 is 10.6 Å². The molecule has 14 heteroatoms. The molecule has 0 bridgehead atoms. The summed E-state index contributed by atoms with van der Waals surface area (Å²) in [5.41, 5.74) is 1.95. The van der Waals surface area contributed by atoms with Crippen molar-refractivity contribution in [2.45, 2.75) is 31.2 Å². The van der Waals surface area contributed by atoms with E-state index in [1.807, 2.05) is 0 Å². The number of nitrogens with one attached hydrogen (secondary N) is 2. The molecule has 0 saturated carbocycles. The second kappa shape index (κ2) is 8.61. The van der Waals surface area contributed by atoms with Gasteiger partial charge in [-0.3, -0.25) is 4.90 Å². The molecule has 184 valence electrons. The highest BCUT2D eigenvalue weighted by Gasteiger charge is 2.35. The highest BCUT2D eigenvalue weighted by Crippen LogP contribution is 2.31. The Labute approximate surface area is 197 Å². The van der Waals surface area contributed by atoms with E-state index in [1.54, 1.807) is 36.0 Å². The van der Waals surface area contributed by atoms with Gasteiger partial charge in [-0.25, -0.2) is 13.9 Å². The number of rotatable bonds is 6. The maximum Gasteiger partial charge on any atom is 0.336 e. The average Bonchev–Trinajstić information content (AvgIpc) is 3.43. The summed E-state index contributed by atoms with van der Waals surface area (Å²) in [6.45, 7) is -0.409. The molecular formula is C21H23F3N10O. The zero-order valence-electron chi connectivity index (χ0n) is 18.8. The molecule has 0 aromatic carbocycles. The minimum absolute atomic E-state index is 0.0177. The van der Waals surface area contributed by atoms with Gasteiger partial charge in [0.1, 0.15) is 17.2 Å². The lowest BCUT2D eigenvalue weighted by atomic mass is 10.0. The lowest BCUT2D eigenvalue weighted by Crippen LogP contribution is -2.57. The SMILES string of the molecule is CNc1nc(N[C@H]2CCN(C3COC3)C[C@H]2F)nn2ccc(-c3ccc4nnn(C(F)F)c4n3)c12. The Morgan fingerprint density at radius 1 is 1.17 bits per heavy atom. The fourth-order valence-electron chi connectivity index (χ4n) is 4.60. The van der Waals surface area contributed by atoms with Gasteiger partial charge in [0.15, 0.2) is 11.5 Å². The summed E-state index contributed by atoms with van der Waals surface area (Å²) in [6, 6.07) is 4.94. The summed E-state index contributed by atoms with van der Waals surface area (Å²) < 4.78 is 48.8. The van der Waals surface area contributed by atoms with Crippen LogP contribution in [0.3, 0.4) is 0 Å². The Balaban J connectivity index is 1.29. The predicted octanol–water partition coefficient (Wildman–Crippen LogP) is 2.20. The molecule has 6 heterocycles. The van der Waals surface area contributed by atoms with Crippen molar-refractivity contribution in [2.24, 2.45) is 0 Å². The van der Waals surface area contributed by atoms with Crippen molar-refractivity contribution in [1.29, 1.82) is 0 Å². The molecule has 2 N–H and O–H groups in total. The zero-order valence-corrected chi connectivity index (χ0v) is 18.8. The Bertz CT molecular complexity index is 1370. The minimum Gasteiger partial charge on any atom is -0.378 e. The van der Waals surface area contributed by atoms with Gasteiger partial charge < -0.3 is 15.4 Å². The number of halogens is 3. The molecule has 11 nitrogen and oxygen atoms in total. The van der Waals surface area contributed by atoms with Crippen LogP contribution in [0.2, 0.25) is 0 Å². The van der Waals surface area contributed by atoms with Gasteiger partial charge in [-0.2, -0.15) is 18.4 Å². The summed E-state index contributed by atoms with van der Waals surface area (Å²) in [4.78, 5) is 11.1. The van der Waals surface area contributed by atoms with Crippen LogP contribution in [-0.2, 0) is 4.74 Å². The second-order valence-electron chi connectivity index (χ2n) is 8.65. The Morgan fingerprint density at radius 3 is 2.74 bits per heavy atom. The molecule has 6 rings (SSSR count). The normalized spacial score (nSPS) is 21.6. The molecule has 4 aromatic heterocycles. The van der Waals surface area contributed by atoms with E-state index in [2.05, 4.69) is 40.9 Å². The third kappa shape index (κ3) is 3.82. The van der Waals surface area contributed by atoms with E-state index in [9.17, 15) is 13.2 Å². The maximum atomic E-state index is 14.9. The monoisotopic (exact) mass is 488 g/mol. The van der Waals surface area contributed by atoms with Crippen LogP contribution in [0.4, 0.5) is 24.9 Å². The van der Waals surface area contributed by atoms with Crippen LogP contribution in [0.1, 0.15) is 13.0 Å². The van der Waals surface area contributed by atoms with Gasteiger partial charge in [0, 0.05) is 31.9 Å². The van der Waals surface area contributed by atoms with Crippen LogP contribution in [0.15, 0.2) is 24.4 Å². The first-order valence-electron chi connectivity index (χ1n) is 11.3. The Morgan fingerprint density at radius 2 is 2.03 bits per heavy atom. The Kier molecular flexibility index (Phi) is 5.40. The summed E-state index contributed by atoms with van der Waals surface area (Å²) in [5.74, 6) is 0.782. The molecule has 0 radical (unpaired) electrons. The molecule has 2 saturated heterocycles. The summed E-state index contributed by atoms with van der Waals surface area (Å²) in [6.07, 6.45) is 1.28. The van der Waals surface area contributed by atoms with E-state index in [0.29, 0.717) is 65.4 Å². The third-order valence-electron chi connectivity index (χ3n) is 6.55. The topological polar surface area (TPSA) is 110 Å². The van der Waals surface area contributed by atoms with Crippen LogP contribution in [-0.4, -0.2) is 91.1 Å². The quantitative estimate of drug-likeness (QED) is 0.422. The number of hydrogen-bond acceptors (Lipinski definition) is 9. The molecule has 0 aliphatic carbocycles. The lowest BCUT2D eigenvalue weighted by Gasteiger charge is -2.42. The molecule has 2 aliphatic heterocycles. The van der Waals surface area contributed by atoms with Crippen LogP contribution in [0.5, 0.6) is 0 Å². The van der Waals surface area contributed by atoms with E-state index >= 15 is 0 Å². The van der Waals surface area contributed by atoms with Gasteiger partial charge in [0.2, 0.25) is 5.95 Å². The van der Waals surface area contributed by atoms with Crippen molar-refractivity contribution in [2.75, 3.05) is 44.0 Å². The van der Waals surface area contributed by atoms with Crippen molar-refractivity contribution in [3.63, 3.8) is 0 Å². The molecule has 0 unspecified atom stereocenters. The highest BCUT2D eigenvalue weighted by molar-refractivity contribution is 5.89. The first-order valence-corrected chi connectivity index (χ1v) is 11.3. The minimum atomic E-state index is -2.85. The average molecular weight is 488 g/mol. The number of pyridine rings is 1. The van der Waals surface area contributed by atoms with Gasteiger partial charge in [-0.1, -0.05) is 5.21 Å². The third-order valence-corrected chi connectivity index (χ3v) is 6.55. The number of ether oxygens (including phenoxy) is 1. The van der Waals surface area contributed by atoms with Crippen LogP contribution in [0, 0.1) is 0 Å². The first kappa shape index (κ1) is 22.0. The standard InChI is InChI=1S/C21H23F3N10O/c1-25-18-17-12(14-2-3-16-19(26-14)34(20(23)24)31-29-16)4-7-33(17)30-21(28-18)27-15-5-6-32(8-13(15)22)11-9-35-10-11/h2-4,7,11,13,15,20H,5-6,8-10H2,1H3,(H2,25,27,28,30)/t13-,15+/m1/s1. The molecule has 0 amide bonds. The van der Waals surface area contributed by atoms with Crippen LogP contribution in [0.25, 0.3) is 27.9 Å². The van der Waals surface area contributed by atoms with Crippen molar-refractivity contribution >= 4 is 28.4 Å². The van der Waals surface area contributed by atoms with Gasteiger partial charge in [0.05, 0.1) is 31.0 Å². The number of piperidine rings is 1. The molecule has 4 aromatic rings. The fraction of sp³-hybridized carbons (Fsp3) is 0.476. The first-order chi connectivity index (χ1) is 17.0. The smallest absolute Gasteiger partial charge is 0.336 e. The number of nitrogens with zero attached hydrogens (tertiary/aromatic N) is 8. The van der Waals surface area contributed by atoms with E-state index in [-0.39, 0.29) is 11.2 Å². The summed E-state index contributed by atoms with van der Waals surface area (Å²) in [5, 5.41) is 17.9. The number of aromatic nitrogens is 7. The molecule has 35 heavy (non-hydrogen) atoms. The highest BCUT2D eigenvalue weighted by atomic mass is 19.3. The molecule has 0 spiro atoms. The predicted molar refractivity (Wildman–Crippen MR) is 121 cm³/mol. The number of alkyl halides is 3. The van der Waals surface area contributed by atoms with Crippen LogP contribution >= 0.6 is 0 Å². The van der Waals surface area contributed by atoms with Gasteiger partial charge in [0.25, 0.3) is 0 Å². The van der Waals surface area contributed by atoms with E-state index in [0.717, 1.165) is 6.54 Å². The summed E-state index contributed by atoms with van der Waals surface area (Å²) in [7, 11) is 1.71. The number of likely N-dealkylation sites (tertiary alicyclic amines) is 1. The largest absolute Gasteiger partial charge is 0.378 e. The number of anilines is 2. The second-order valence-corrected chi connectivity index (χ2v) is 8.65. The van der Waals surface area contributed by atoms with E-state index in [4.69, 9.17) is 4.74 Å². The zero-order chi connectivity index (χ0) is 24.1. The van der Waals surface area contributed by atoms with Crippen molar-refractivity contribution < 1.29 is 17.9 Å². The molecular weight excluding hydrogens is 465 g/mol. The lowest BCUT2D eigenvalue weighted by molar-refractivity contribution is -0.0794. The van der Waals surface area contributed by atoms with Gasteiger partial charge in [-0.05, 0) is 24.6 Å². The summed E-state index contributed by atoms with van der Waals surface area (Å²) >= 11 is 0. The van der Waals surface area contributed by atoms with Gasteiger partial charge in [-0.15, -0.1) is 10.2 Å². The fourth-order valence-corrected chi connectivity index (χ4v) is 4.60. The van der Waals surface area contributed by atoms with E-state index in [1.165, 1.54) is 0 Å². The van der Waals surface area contributed by atoms with Crippen molar-refractivity contribution in [3.8, 4) is 11.3 Å². The number of hydrogen-bond donors (Lipinski definition) is 2. The molecule has 2 atom stereocenters.